The van der Waals surface area contributed by atoms with Crippen LogP contribution in [-0.4, -0.2) is 85.6 Å². The molecule has 2 heterocycles. The van der Waals surface area contributed by atoms with Crippen molar-refractivity contribution in [3.63, 3.8) is 0 Å². The molecular weight excluding hydrogens is 234 g/mol. The number of piperazine rings is 1. The second-order valence-corrected chi connectivity index (χ2v) is 5.71. The highest BCUT2D eigenvalue weighted by atomic mass is 32.1. The van der Waals surface area contributed by atoms with Crippen LogP contribution < -0.4 is 0 Å². The number of hydrogen-bond acceptors (Lipinski definition) is 5. The molecule has 0 N–H and O–H groups in total. The molecule has 4 nitrogen and oxygen atoms in total. The molecule has 100 valence electrons. The molecule has 0 amide bonds. The van der Waals surface area contributed by atoms with Gasteiger partial charge in [0.1, 0.15) is 0 Å². The van der Waals surface area contributed by atoms with E-state index in [1.807, 2.05) is 0 Å². The summed E-state index contributed by atoms with van der Waals surface area (Å²) < 4.78 is 5.36. The predicted octanol–water partition coefficient (Wildman–Crippen LogP) is 0.212. The van der Waals surface area contributed by atoms with Crippen molar-refractivity contribution in [3.8, 4) is 0 Å². The van der Waals surface area contributed by atoms with E-state index in [1.165, 1.54) is 26.2 Å². The third kappa shape index (κ3) is 4.41. The Morgan fingerprint density at radius 1 is 0.941 bits per heavy atom. The van der Waals surface area contributed by atoms with Crippen LogP contribution in [-0.2, 0) is 4.74 Å². The normalized spacial score (nSPS) is 27.2. The van der Waals surface area contributed by atoms with Crippen LogP contribution in [0.25, 0.3) is 0 Å². The first-order valence-electron chi connectivity index (χ1n) is 6.70. The van der Waals surface area contributed by atoms with Gasteiger partial charge in [0.25, 0.3) is 0 Å². The average molecular weight is 259 g/mol. The van der Waals surface area contributed by atoms with Gasteiger partial charge in [0, 0.05) is 57.7 Å². The summed E-state index contributed by atoms with van der Waals surface area (Å²) in [5, 5.41) is 0.399. The fourth-order valence-electron chi connectivity index (χ4n) is 2.47. The molecular formula is C12H25N3OS. The van der Waals surface area contributed by atoms with Crippen molar-refractivity contribution in [2.45, 2.75) is 12.3 Å². The molecule has 0 unspecified atom stereocenters. The lowest BCUT2D eigenvalue weighted by Gasteiger charge is -2.37. The summed E-state index contributed by atoms with van der Waals surface area (Å²) in [6.07, 6.45) is 0. The Kier molecular flexibility index (Phi) is 5.56. The summed E-state index contributed by atoms with van der Waals surface area (Å²) in [5.41, 5.74) is 0. The highest BCUT2D eigenvalue weighted by Crippen LogP contribution is 2.08. The van der Waals surface area contributed by atoms with Gasteiger partial charge in [-0.15, -0.1) is 0 Å². The van der Waals surface area contributed by atoms with Crippen molar-refractivity contribution < 1.29 is 4.74 Å². The molecule has 0 aliphatic carbocycles. The molecule has 2 rings (SSSR count). The highest BCUT2D eigenvalue weighted by Gasteiger charge is 2.19. The van der Waals surface area contributed by atoms with E-state index in [1.54, 1.807) is 0 Å². The highest BCUT2D eigenvalue weighted by molar-refractivity contribution is 7.80. The molecule has 0 radical (unpaired) electrons. The van der Waals surface area contributed by atoms with Crippen molar-refractivity contribution in [3.05, 3.63) is 0 Å². The molecule has 0 aromatic heterocycles. The smallest absolute Gasteiger partial charge is 0.0594 e. The summed E-state index contributed by atoms with van der Waals surface area (Å²) >= 11 is 4.49. The number of morpholine rings is 1. The van der Waals surface area contributed by atoms with Gasteiger partial charge in [-0.2, -0.15) is 12.6 Å². The van der Waals surface area contributed by atoms with Crippen LogP contribution in [0.3, 0.4) is 0 Å². The van der Waals surface area contributed by atoms with E-state index in [9.17, 15) is 0 Å². The third-order valence-corrected chi connectivity index (χ3v) is 4.10. The summed E-state index contributed by atoms with van der Waals surface area (Å²) in [6, 6.07) is 0. The average Bonchev–Trinajstić information content (AvgIpc) is 2.38. The Balaban J connectivity index is 1.61. The fourth-order valence-corrected chi connectivity index (χ4v) is 2.70. The molecule has 0 saturated carbocycles. The van der Waals surface area contributed by atoms with Gasteiger partial charge in [0.2, 0.25) is 0 Å². The zero-order chi connectivity index (χ0) is 12.1. The molecule has 2 saturated heterocycles. The predicted molar refractivity (Wildman–Crippen MR) is 73.7 cm³/mol. The standard InChI is InChI=1S/C12H25N3OS/c1-12(17)15-6-4-13(5-7-15)2-3-14-8-10-16-11-9-14/h12,17H,2-11H2,1H3/t12-/m0/s1. The quantitative estimate of drug-likeness (QED) is 0.728. The fraction of sp³-hybridized carbons (Fsp3) is 1.00. The minimum absolute atomic E-state index is 0.399. The molecule has 17 heavy (non-hydrogen) atoms. The summed E-state index contributed by atoms with van der Waals surface area (Å²) in [5.74, 6) is 0. The van der Waals surface area contributed by atoms with E-state index in [0.717, 1.165) is 39.4 Å². The molecule has 0 spiro atoms. The van der Waals surface area contributed by atoms with E-state index in [0.29, 0.717) is 5.37 Å². The van der Waals surface area contributed by atoms with Crippen LogP contribution in [0, 0.1) is 0 Å². The van der Waals surface area contributed by atoms with Gasteiger partial charge in [0.05, 0.1) is 13.2 Å². The second kappa shape index (κ2) is 6.95. The monoisotopic (exact) mass is 259 g/mol. The Hall–Kier alpha value is 0.190. The lowest BCUT2D eigenvalue weighted by molar-refractivity contribution is 0.0297. The van der Waals surface area contributed by atoms with Crippen molar-refractivity contribution in [1.29, 1.82) is 0 Å². The van der Waals surface area contributed by atoms with Crippen molar-refractivity contribution in [1.82, 2.24) is 14.7 Å². The minimum atomic E-state index is 0.399. The van der Waals surface area contributed by atoms with Crippen molar-refractivity contribution >= 4 is 12.6 Å². The van der Waals surface area contributed by atoms with Crippen LogP contribution in [0.4, 0.5) is 0 Å². The van der Waals surface area contributed by atoms with Gasteiger partial charge >= 0.3 is 0 Å². The molecule has 0 aromatic carbocycles. The number of thiol groups is 1. The SMILES string of the molecule is C[C@H](S)N1CCN(CCN2CCOCC2)CC1. The number of rotatable bonds is 4. The Bertz CT molecular complexity index is 214. The van der Waals surface area contributed by atoms with Crippen molar-refractivity contribution in [2.24, 2.45) is 0 Å². The molecule has 0 aromatic rings. The summed E-state index contributed by atoms with van der Waals surface area (Å²) in [4.78, 5) is 7.52. The topological polar surface area (TPSA) is 19.0 Å². The maximum absolute atomic E-state index is 5.36. The summed E-state index contributed by atoms with van der Waals surface area (Å²) in [6.45, 7) is 13.3. The Morgan fingerprint density at radius 3 is 2.00 bits per heavy atom. The van der Waals surface area contributed by atoms with Crippen LogP contribution in [0.5, 0.6) is 0 Å². The van der Waals surface area contributed by atoms with Crippen LogP contribution >= 0.6 is 12.6 Å². The van der Waals surface area contributed by atoms with Crippen LogP contribution in [0.15, 0.2) is 0 Å². The second-order valence-electron chi connectivity index (χ2n) is 4.96. The van der Waals surface area contributed by atoms with Gasteiger partial charge in [-0.1, -0.05) is 0 Å². The molecule has 2 aliphatic rings. The largest absolute Gasteiger partial charge is 0.379 e. The lowest BCUT2D eigenvalue weighted by Crippen LogP contribution is -2.50. The minimum Gasteiger partial charge on any atom is -0.379 e. The molecule has 0 bridgehead atoms. The van der Waals surface area contributed by atoms with Gasteiger partial charge in [0.15, 0.2) is 0 Å². The maximum Gasteiger partial charge on any atom is 0.0594 e. The summed E-state index contributed by atoms with van der Waals surface area (Å²) in [7, 11) is 0. The van der Waals surface area contributed by atoms with Crippen molar-refractivity contribution in [2.75, 3.05) is 65.6 Å². The van der Waals surface area contributed by atoms with E-state index >= 15 is 0 Å². The van der Waals surface area contributed by atoms with Crippen LogP contribution in [0.1, 0.15) is 6.92 Å². The van der Waals surface area contributed by atoms with Gasteiger partial charge in [-0.3, -0.25) is 14.7 Å². The third-order valence-electron chi connectivity index (χ3n) is 3.77. The first-order valence-corrected chi connectivity index (χ1v) is 7.22. The molecule has 1 atom stereocenters. The van der Waals surface area contributed by atoms with Crippen LogP contribution in [0.2, 0.25) is 0 Å². The number of ether oxygens (including phenoxy) is 1. The van der Waals surface area contributed by atoms with Gasteiger partial charge in [-0.05, 0) is 6.92 Å². The Labute approximate surface area is 110 Å². The maximum atomic E-state index is 5.36. The van der Waals surface area contributed by atoms with Gasteiger partial charge in [-0.25, -0.2) is 0 Å². The first kappa shape index (κ1) is 13.6. The lowest BCUT2D eigenvalue weighted by atomic mass is 10.3. The number of nitrogens with zero attached hydrogens (tertiary/aromatic N) is 3. The zero-order valence-electron chi connectivity index (χ0n) is 10.8. The number of hydrogen-bond donors (Lipinski definition) is 1. The van der Waals surface area contributed by atoms with E-state index < -0.39 is 0 Å². The zero-order valence-corrected chi connectivity index (χ0v) is 11.7. The first-order chi connectivity index (χ1) is 8.25. The molecule has 5 heteroatoms. The molecule has 2 fully saturated rings. The van der Waals surface area contributed by atoms with E-state index in [2.05, 4.69) is 34.3 Å². The molecule has 2 aliphatic heterocycles. The van der Waals surface area contributed by atoms with E-state index in [-0.39, 0.29) is 0 Å². The Morgan fingerprint density at radius 2 is 1.47 bits per heavy atom. The van der Waals surface area contributed by atoms with Gasteiger partial charge < -0.3 is 4.74 Å². The van der Waals surface area contributed by atoms with E-state index in [4.69, 9.17) is 4.74 Å².